The third-order valence-corrected chi connectivity index (χ3v) is 2.44. The molecule has 0 radical (unpaired) electrons. The normalized spacial score (nSPS) is 10.6. The second kappa shape index (κ2) is 2.96. The number of aromatic nitrogens is 1. The van der Waals surface area contributed by atoms with Gasteiger partial charge in [-0.2, -0.15) is 4.73 Å². The van der Waals surface area contributed by atoms with Crippen LogP contribution >= 0.6 is 15.9 Å². The Morgan fingerprint density at radius 3 is 2.85 bits per heavy atom. The zero-order valence-corrected chi connectivity index (χ0v) is 8.08. The van der Waals surface area contributed by atoms with Gasteiger partial charge in [-0.25, -0.2) is 4.39 Å². The lowest BCUT2D eigenvalue weighted by atomic mass is 10.2. The van der Waals surface area contributed by atoms with E-state index in [-0.39, 0.29) is 0 Å². The fraction of sp³-hybridized carbons (Fsp3) is 0. The molecule has 0 fully saturated rings. The molecule has 0 bridgehead atoms. The third kappa shape index (κ3) is 1.37. The van der Waals surface area contributed by atoms with E-state index < -0.39 is 5.82 Å². The summed E-state index contributed by atoms with van der Waals surface area (Å²) in [5.74, 6) is -0.400. The Hall–Kier alpha value is -1.16. The fourth-order valence-corrected chi connectivity index (χ4v) is 1.53. The number of fused-ring (bicyclic) bond motifs is 1. The Morgan fingerprint density at radius 1 is 1.31 bits per heavy atom. The highest BCUT2D eigenvalue weighted by molar-refractivity contribution is 9.10. The topological polar surface area (TPSA) is 26.9 Å². The van der Waals surface area contributed by atoms with Crippen LogP contribution in [0.5, 0.6) is 0 Å². The van der Waals surface area contributed by atoms with E-state index in [4.69, 9.17) is 0 Å². The van der Waals surface area contributed by atoms with Crippen molar-refractivity contribution in [3.8, 4) is 0 Å². The lowest BCUT2D eigenvalue weighted by molar-refractivity contribution is -0.603. The summed E-state index contributed by atoms with van der Waals surface area (Å²) < 4.78 is 14.3. The number of halogens is 2. The van der Waals surface area contributed by atoms with Crippen molar-refractivity contribution in [3.05, 3.63) is 46.1 Å². The number of nitrogens with zero attached hydrogens (tertiary/aromatic N) is 1. The molecule has 0 amide bonds. The van der Waals surface area contributed by atoms with Crippen molar-refractivity contribution in [3.63, 3.8) is 0 Å². The van der Waals surface area contributed by atoms with Crippen molar-refractivity contribution in [1.29, 1.82) is 0 Å². The predicted molar refractivity (Wildman–Crippen MR) is 50.6 cm³/mol. The van der Waals surface area contributed by atoms with Crippen LogP contribution in [0.1, 0.15) is 0 Å². The summed E-state index contributed by atoms with van der Waals surface area (Å²) in [5, 5.41) is 11.9. The highest BCUT2D eigenvalue weighted by Gasteiger charge is 2.07. The fourth-order valence-electron chi connectivity index (χ4n) is 1.18. The average molecular weight is 242 g/mol. The van der Waals surface area contributed by atoms with Crippen LogP contribution in [0.15, 0.2) is 35.1 Å². The molecule has 2 nitrogen and oxygen atoms in total. The molecule has 0 aliphatic rings. The van der Waals surface area contributed by atoms with Crippen LogP contribution in [0.25, 0.3) is 10.8 Å². The van der Waals surface area contributed by atoms with Crippen molar-refractivity contribution < 1.29 is 9.12 Å². The molecule has 0 saturated carbocycles. The van der Waals surface area contributed by atoms with E-state index >= 15 is 0 Å². The van der Waals surface area contributed by atoms with E-state index in [0.717, 1.165) is 0 Å². The lowest BCUT2D eigenvalue weighted by Crippen LogP contribution is -2.23. The van der Waals surface area contributed by atoms with Crippen LogP contribution in [0.4, 0.5) is 4.39 Å². The monoisotopic (exact) mass is 241 g/mol. The van der Waals surface area contributed by atoms with Gasteiger partial charge in [-0.1, -0.05) is 6.07 Å². The maximum Gasteiger partial charge on any atom is 0.191 e. The van der Waals surface area contributed by atoms with Crippen molar-refractivity contribution in [2.75, 3.05) is 0 Å². The first kappa shape index (κ1) is 8.44. The van der Waals surface area contributed by atoms with Gasteiger partial charge in [-0.3, -0.25) is 0 Å². The van der Waals surface area contributed by atoms with Gasteiger partial charge in [-0.15, -0.1) is 0 Å². The Labute approximate surface area is 82.3 Å². The second-order valence-electron chi connectivity index (χ2n) is 2.67. The Kier molecular flexibility index (Phi) is 1.92. The molecule has 4 heteroatoms. The summed E-state index contributed by atoms with van der Waals surface area (Å²) >= 11 is 3.05. The van der Waals surface area contributed by atoms with Gasteiger partial charge in [0, 0.05) is 6.07 Å². The molecule has 0 saturated heterocycles. The van der Waals surface area contributed by atoms with Crippen molar-refractivity contribution >= 4 is 26.7 Å². The minimum atomic E-state index is -0.400. The van der Waals surface area contributed by atoms with Crippen molar-refractivity contribution in [2.24, 2.45) is 0 Å². The van der Waals surface area contributed by atoms with Gasteiger partial charge in [0.1, 0.15) is 0 Å². The number of rotatable bonds is 0. The summed E-state index contributed by atoms with van der Waals surface area (Å²) in [7, 11) is 0. The molecule has 1 aromatic heterocycles. The molecule has 0 unspecified atom stereocenters. The molecule has 1 heterocycles. The van der Waals surface area contributed by atoms with Gasteiger partial charge in [0.05, 0.1) is 9.86 Å². The minimum Gasteiger partial charge on any atom is -0.619 e. The van der Waals surface area contributed by atoms with Crippen LogP contribution in [0.3, 0.4) is 0 Å². The highest BCUT2D eigenvalue weighted by atomic mass is 79.9. The van der Waals surface area contributed by atoms with E-state index in [2.05, 4.69) is 15.9 Å². The second-order valence-corrected chi connectivity index (χ2v) is 3.52. The van der Waals surface area contributed by atoms with Crippen LogP contribution in [-0.2, 0) is 0 Å². The van der Waals surface area contributed by atoms with E-state index in [1.165, 1.54) is 12.4 Å². The molecular formula is C9H5BrFNO. The molecule has 2 rings (SSSR count). The molecule has 13 heavy (non-hydrogen) atoms. The van der Waals surface area contributed by atoms with E-state index in [1.54, 1.807) is 18.2 Å². The summed E-state index contributed by atoms with van der Waals surface area (Å²) in [6, 6.07) is 4.95. The molecule has 0 aliphatic carbocycles. The summed E-state index contributed by atoms with van der Waals surface area (Å²) in [4.78, 5) is 0. The third-order valence-electron chi connectivity index (χ3n) is 1.82. The molecule has 0 aliphatic heterocycles. The molecule has 0 N–H and O–H groups in total. The van der Waals surface area contributed by atoms with Crippen molar-refractivity contribution in [2.45, 2.75) is 0 Å². The minimum absolute atomic E-state index is 0.326. The zero-order valence-electron chi connectivity index (χ0n) is 6.50. The van der Waals surface area contributed by atoms with Crippen LogP contribution in [0, 0.1) is 11.0 Å². The van der Waals surface area contributed by atoms with Gasteiger partial charge < -0.3 is 5.21 Å². The first-order valence-corrected chi connectivity index (χ1v) is 4.44. The maximum atomic E-state index is 13.4. The molecular weight excluding hydrogens is 237 g/mol. The Bertz CT molecular complexity index is 467. The number of hydrogen-bond acceptors (Lipinski definition) is 1. The predicted octanol–water partition coefficient (Wildman–Crippen LogP) is 2.37. The Morgan fingerprint density at radius 2 is 2.08 bits per heavy atom. The standard InChI is InChI=1S/C9H5BrFNO/c10-8-2-1-6-3-4-12(13)5-7(6)9(8)11/h1-5H. The van der Waals surface area contributed by atoms with Crippen LogP contribution < -0.4 is 4.73 Å². The summed E-state index contributed by atoms with van der Waals surface area (Å²) in [5.41, 5.74) is 0. The van der Waals surface area contributed by atoms with Gasteiger partial charge in [-0.05, 0) is 27.4 Å². The highest BCUT2D eigenvalue weighted by Crippen LogP contribution is 2.23. The smallest absolute Gasteiger partial charge is 0.191 e. The number of hydrogen-bond donors (Lipinski definition) is 0. The van der Waals surface area contributed by atoms with Crippen molar-refractivity contribution in [1.82, 2.24) is 0 Å². The number of pyridine rings is 1. The van der Waals surface area contributed by atoms with E-state index in [0.29, 0.717) is 20.0 Å². The largest absolute Gasteiger partial charge is 0.619 e. The summed E-state index contributed by atoms with van der Waals surface area (Å²) in [6.45, 7) is 0. The van der Waals surface area contributed by atoms with Crippen LogP contribution in [0.2, 0.25) is 0 Å². The SMILES string of the molecule is [O-][n+]1ccc2ccc(Br)c(F)c2c1. The van der Waals surface area contributed by atoms with Gasteiger partial charge >= 0.3 is 0 Å². The molecule has 0 atom stereocenters. The number of benzene rings is 1. The molecule has 0 spiro atoms. The first-order valence-electron chi connectivity index (χ1n) is 3.65. The Balaban J connectivity index is 2.89. The first-order chi connectivity index (χ1) is 6.18. The molecule has 2 aromatic rings. The lowest BCUT2D eigenvalue weighted by Gasteiger charge is -2.01. The van der Waals surface area contributed by atoms with Gasteiger partial charge in [0.25, 0.3) is 0 Å². The van der Waals surface area contributed by atoms with E-state index in [1.807, 2.05) is 0 Å². The average Bonchev–Trinajstić information content (AvgIpc) is 2.12. The van der Waals surface area contributed by atoms with E-state index in [9.17, 15) is 9.60 Å². The summed E-state index contributed by atoms with van der Waals surface area (Å²) in [6.07, 6.45) is 2.56. The zero-order chi connectivity index (χ0) is 9.42. The van der Waals surface area contributed by atoms with Crippen LogP contribution in [-0.4, -0.2) is 0 Å². The molecule has 1 aromatic carbocycles. The molecule has 66 valence electrons. The maximum absolute atomic E-state index is 13.4. The van der Waals surface area contributed by atoms with Gasteiger partial charge in [0.15, 0.2) is 18.2 Å². The van der Waals surface area contributed by atoms with Gasteiger partial charge in [0.2, 0.25) is 0 Å². The quantitative estimate of drug-likeness (QED) is 0.514.